The van der Waals surface area contributed by atoms with Crippen LogP contribution in [0.4, 0.5) is 4.79 Å². The number of alkyl carbamates (subject to hydrolysis) is 1. The Morgan fingerprint density at radius 3 is 2.56 bits per heavy atom. The lowest BCUT2D eigenvalue weighted by atomic mass is 10.0. The van der Waals surface area contributed by atoms with Gasteiger partial charge >= 0.3 is 12.1 Å². The molecule has 0 fully saturated rings. The van der Waals surface area contributed by atoms with Gasteiger partial charge in [0.2, 0.25) is 11.8 Å². The van der Waals surface area contributed by atoms with Gasteiger partial charge < -0.3 is 19.2 Å². The summed E-state index contributed by atoms with van der Waals surface area (Å²) in [4.78, 5) is 22.8. The van der Waals surface area contributed by atoms with Crippen molar-refractivity contribution in [3.8, 4) is 11.5 Å². The Morgan fingerprint density at radius 1 is 1.20 bits per heavy atom. The lowest BCUT2D eigenvalue weighted by Crippen LogP contribution is -2.35. The van der Waals surface area contributed by atoms with Crippen LogP contribution in [0.25, 0.3) is 11.5 Å². The second-order valence-electron chi connectivity index (χ2n) is 5.69. The van der Waals surface area contributed by atoms with E-state index in [4.69, 9.17) is 9.15 Å². The van der Waals surface area contributed by atoms with Crippen molar-refractivity contribution in [3.63, 3.8) is 0 Å². The molecule has 2 rings (SSSR count). The van der Waals surface area contributed by atoms with Crippen molar-refractivity contribution in [1.29, 1.82) is 0 Å². The van der Waals surface area contributed by atoms with Crippen molar-refractivity contribution in [2.45, 2.75) is 26.4 Å². The molecule has 0 saturated heterocycles. The zero-order chi connectivity index (χ0) is 18.2. The van der Waals surface area contributed by atoms with Gasteiger partial charge in [-0.2, -0.15) is 0 Å². The molecule has 1 heterocycles. The third-order valence-corrected chi connectivity index (χ3v) is 3.47. The second kappa shape index (κ2) is 8.81. The van der Waals surface area contributed by atoms with Gasteiger partial charge in [-0.15, -0.1) is 10.2 Å². The fraction of sp³-hybridized carbons (Fsp3) is 0.412. The van der Waals surface area contributed by atoms with E-state index in [2.05, 4.69) is 20.3 Å². The Bertz CT molecular complexity index is 699. The van der Waals surface area contributed by atoms with Crippen LogP contribution in [0.5, 0.6) is 0 Å². The predicted molar refractivity (Wildman–Crippen MR) is 88.6 cm³/mol. The number of carbonyl (C=O) groups excluding carboxylic acids is 2. The molecule has 0 aliphatic carbocycles. The van der Waals surface area contributed by atoms with E-state index in [0.29, 0.717) is 11.8 Å². The molecule has 25 heavy (non-hydrogen) atoms. The van der Waals surface area contributed by atoms with Gasteiger partial charge in [-0.3, -0.25) is 4.79 Å². The van der Waals surface area contributed by atoms with Crippen molar-refractivity contribution in [2.24, 2.45) is 5.92 Å². The number of benzene rings is 1. The normalized spacial score (nSPS) is 11.8. The van der Waals surface area contributed by atoms with Crippen molar-refractivity contribution in [2.75, 3.05) is 13.7 Å². The molecule has 1 atom stereocenters. The third kappa shape index (κ3) is 5.59. The molecule has 0 saturated carbocycles. The van der Waals surface area contributed by atoms with Crippen LogP contribution in [0.3, 0.4) is 0 Å². The van der Waals surface area contributed by atoms with Gasteiger partial charge in [0.25, 0.3) is 0 Å². The van der Waals surface area contributed by atoms with Gasteiger partial charge in [0, 0.05) is 5.56 Å². The fourth-order valence-corrected chi connectivity index (χ4v) is 2.01. The van der Waals surface area contributed by atoms with Crippen molar-refractivity contribution in [1.82, 2.24) is 15.5 Å². The molecule has 1 aromatic heterocycles. The first kappa shape index (κ1) is 18.4. The number of esters is 1. The highest BCUT2D eigenvalue weighted by molar-refractivity contribution is 5.77. The average Bonchev–Trinajstić information content (AvgIpc) is 3.08. The molecule has 134 valence electrons. The van der Waals surface area contributed by atoms with Gasteiger partial charge in [0.1, 0.15) is 12.6 Å². The monoisotopic (exact) mass is 347 g/mol. The molecule has 1 amide bonds. The van der Waals surface area contributed by atoms with Crippen LogP contribution >= 0.6 is 0 Å². The number of rotatable bonds is 7. The minimum Gasteiger partial charge on any atom is -0.468 e. The summed E-state index contributed by atoms with van der Waals surface area (Å²) in [7, 11) is 1.24. The van der Waals surface area contributed by atoms with Crippen LogP contribution in [0.1, 0.15) is 19.7 Å². The first-order valence-corrected chi connectivity index (χ1v) is 7.88. The molecule has 0 spiro atoms. The van der Waals surface area contributed by atoms with Crippen LogP contribution in [0, 0.1) is 5.92 Å². The molecule has 0 aliphatic heterocycles. The molecular weight excluding hydrogens is 326 g/mol. The first-order valence-electron chi connectivity index (χ1n) is 7.88. The number of nitrogens with zero attached hydrogens (tertiary/aromatic N) is 2. The van der Waals surface area contributed by atoms with E-state index in [9.17, 15) is 9.59 Å². The molecule has 8 nitrogen and oxygen atoms in total. The highest BCUT2D eigenvalue weighted by Gasteiger charge is 2.22. The summed E-state index contributed by atoms with van der Waals surface area (Å²) < 4.78 is 15.4. The maximum Gasteiger partial charge on any atom is 0.407 e. The van der Waals surface area contributed by atoms with E-state index in [-0.39, 0.29) is 18.9 Å². The van der Waals surface area contributed by atoms with Crippen molar-refractivity contribution >= 4 is 12.1 Å². The van der Waals surface area contributed by atoms with E-state index < -0.39 is 18.2 Å². The van der Waals surface area contributed by atoms with E-state index in [1.54, 1.807) is 0 Å². The molecular formula is C17H21N3O5. The van der Waals surface area contributed by atoms with E-state index in [1.165, 1.54) is 7.11 Å². The molecule has 0 unspecified atom stereocenters. The van der Waals surface area contributed by atoms with Gasteiger partial charge in [0.05, 0.1) is 13.5 Å². The van der Waals surface area contributed by atoms with E-state index >= 15 is 0 Å². The minimum atomic E-state index is -0.702. The lowest BCUT2D eigenvalue weighted by molar-refractivity contribution is -0.139. The van der Waals surface area contributed by atoms with Crippen molar-refractivity contribution in [3.05, 3.63) is 36.2 Å². The van der Waals surface area contributed by atoms with Crippen LogP contribution in [-0.4, -0.2) is 42.0 Å². The van der Waals surface area contributed by atoms with Crippen LogP contribution in [-0.2, 0) is 20.7 Å². The number of aromatic nitrogens is 2. The van der Waals surface area contributed by atoms with E-state index in [1.807, 2.05) is 44.2 Å². The second-order valence-corrected chi connectivity index (χ2v) is 5.69. The highest BCUT2D eigenvalue weighted by atomic mass is 16.6. The van der Waals surface area contributed by atoms with Gasteiger partial charge in [-0.05, 0) is 18.1 Å². The molecule has 0 bridgehead atoms. The summed E-state index contributed by atoms with van der Waals surface area (Å²) in [5.41, 5.74) is 0.819. The molecule has 8 heteroatoms. The van der Waals surface area contributed by atoms with Crippen LogP contribution in [0.2, 0.25) is 0 Å². The predicted octanol–water partition coefficient (Wildman–Crippen LogP) is 2.20. The van der Waals surface area contributed by atoms with Crippen molar-refractivity contribution < 1.29 is 23.5 Å². The Kier molecular flexibility index (Phi) is 6.50. The quantitative estimate of drug-likeness (QED) is 0.766. The standard InChI is InChI=1S/C17H21N3O5/c1-11(2)13(24-17(22)18-10-15(21)23-3)9-14-19-20-16(25-14)12-7-5-4-6-8-12/h4-8,11,13H,9-10H2,1-3H3,(H,18,22)/t13-/m1/s1. The summed E-state index contributed by atoms with van der Waals surface area (Å²) in [6.45, 7) is 3.57. The first-order chi connectivity index (χ1) is 12.0. The Hall–Kier alpha value is -2.90. The van der Waals surface area contributed by atoms with Gasteiger partial charge in [-0.25, -0.2) is 4.79 Å². The number of nitrogens with one attached hydrogen (secondary N) is 1. The maximum atomic E-state index is 11.8. The zero-order valence-corrected chi connectivity index (χ0v) is 14.4. The average molecular weight is 347 g/mol. The summed E-state index contributed by atoms with van der Waals surface area (Å²) in [5, 5.41) is 10.4. The topological polar surface area (TPSA) is 104 Å². The van der Waals surface area contributed by atoms with Gasteiger partial charge in [-0.1, -0.05) is 32.0 Å². The Balaban J connectivity index is 1.96. The van der Waals surface area contributed by atoms with Crippen LogP contribution < -0.4 is 5.32 Å². The largest absolute Gasteiger partial charge is 0.468 e. The zero-order valence-electron chi connectivity index (χ0n) is 14.4. The minimum absolute atomic E-state index is 0.0240. The SMILES string of the molecule is COC(=O)CNC(=O)O[C@H](Cc1nnc(-c2ccccc2)o1)C(C)C. The Morgan fingerprint density at radius 2 is 1.92 bits per heavy atom. The lowest BCUT2D eigenvalue weighted by Gasteiger charge is -2.19. The molecule has 0 radical (unpaired) electrons. The number of amides is 1. The number of carbonyl (C=O) groups is 2. The summed E-state index contributed by atoms with van der Waals surface area (Å²) in [6, 6.07) is 9.40. The molecule has 0 aliphatic rings. The number of hydrogen-bond acceptors (Lipinski definition) is 7. The number of methoxy groups -OCH3 is 1. The third-order valence-electron chi connectivity index (χ3n) is 3.47. The highest BCUT2D eigenvalue weighted by Crippen LogP contribution is 2.19. The number of hydrogen-bond donors (Lipinski definition) is 1. The molecule has 1 aromatic carbocycles. The molecule has 1 N–H and O–H groups in total. The summed E-state index contributed by atoms with van der Waals surface area (Å²) in [5.74, 6) is 0.255. The Labute approximate surface area is 145 Å². The smallest absolute Gasteiger partial charge is 0.407 e. The van der Waals surface area contributed by atoms with Crippen LogP contribution in [0.15, 0.2) is 34.7 Å². The van der Waals surface area contributed by atoms with E-state index in [0.717, 1.165) is 5.56 Å². The summed E-state index contributed by atoms with van der Waals surface area (Å²) in [6.07, 6.45) is -0.892. The summed E-state index contributed by atoms with van der Waals surface area (Å²) >= 11 is 0. The molecule has 2 aromatic rings. The van der Waals surface area contributed by atoms with Gasteiger partial charge in [0.15, 0.2) is 0 Å². The fourth-order valence-electron chi connectivity index (χ4n) is 2.01. The number of ether oxygens (including phenoxy) is 2. The maximum absolute atomic E-state index is 11.8.